The van der Waals surface area contributed by atoms with Crippen molar-refractivity contribution >= 4 is 12.4 Å². The summed E-state index contributed by atoms with van der Waals surface area (Å²) in [5, 5.41) is 0. The molecule has 0 fully saturated rings. The topological polar surface area (TPSA) is 3.24 Å². The molecule has 0 saturated carbocycles. The first-order valence-electron chi connectivity index (χ1n) is 4.51. The third-order valence-electron chi connectivity index (χ3n) is 1.93. The molecule has 1 nitrogen and oxygen atoms in total. The van der Waals surface area contributed by atoms with Crippen LogP contribution in [0.3, 0.4) is 0 Å². The van der Waals surface area contributed by atoms with Crippen LogP contribution in [0.1, 0.15) is 26.2 Å². The number of allylic oxidation sites excluding steroid dienone is 2. The lowest BCUT2D eigenvalue weighted by molar-refractivity contribution is 0.396. The molecule has 0 aromatic carbocycles. The van der Waals surface area contributed by atoms with Gasteiger partial charge in [-0.1, -0.05) is 31.9 Å². The highest BCUT2D eigenvalue weighted by Crippen LogP contribution is 2.02. The van der Waals surface area contributed by atoms with Crippen molar-refractivity contribution in [2.75, 3.05) is 13.1 Å². The van der Waals surface area contributed by atoms with Crippen LogP contribution >= 0.6 is 12.4 Å². The van der Waals surface area contributed by atoms with Gasteiger partial charge in [0.2, 0.25) is 0 Å². The number of hydrogen-bond acceptors (Lipinski definition) is 1. The Balaban J connectivity index is 0.00000121. The maximum Gasteiger partial charge on any atom is 0.0357 e. The first-order chi connectivity index (χ1) is 5.43. The van der Waals surface area contributed by atoms with E-state index in [1.165, 1.54) is 25.8 Å². The Hall–Kier alpha value is -0.430. The standard InChI is InChI=1S/C10H17N.ClH/c1-2-3-5-8-11-9-6-4-7-10-11;/h4,6-7,9H,2-3,5,8,10H2,1H3;1H. The molecule has 1 heterocycles. The largest absolute Gasteiger partial charge is 0.374 e. The van der Waals surface area contributed by atoms with E-state index in [4.69, 9.17) is 0 Å². The Morgan fingerprint density at radius 2 is 2.08 bits per heavy atom. The van der Waals surface area contributed by atoms with Gasteiger partial charge in [-0.15, -0.1) is 12.4 Å². The Labute approximate surface area is 81.6 Å². The molecule has 1 aliphatic rings. The van der Waals surface area contributed by atoms with Crippen LogP contribution in [-0.4, -0.2) is 18.0 Å². The van der Waals surface area contributed by atoms with Crippen molar-refractivity contribution in [1.82, 2.24) is 4.90 Å². The van der Waals surface area contributed by atoms with Gasteiger partial charge in [-0.2, -0.15) is 0 Å². The van der Waals surface area contributed by atoms with Crippen molar-refractivity contribution < 1.29 is 0 Å². The second-order valence-electron chi connectivity index (χ2n) is 2.97. The molecule has 2 heteroatoms. The third kappa shape index (κ3) is 4.45. The van der Waals surface area contributed by atoms with Crippen LogP contribution in [0.5, 0.6) is 0 Å². The lowest BCUT2D eigenvalue weighted by Gasteiger charge is -2.19. The van der Waals surface area contributed by atoms with E-state index in [-0.39, 0.29) is 12.4 Å². The minimum atomic E-state index is 0. The zero-order chi connectivity index (χ0) is 7.94. The fourth-order valence-electron chi connectivity index (χ4n) is 1.24. The van der Waals surface area contributed by atoms with Gasteiger partial charge >= 0.3 is 0 Å². The van der Waals surface area contributed by atoms with Gasteiger partial charge in [0, 0.05) is 13.1 Å². The Morgan fingerprint density at radius 3 is 2.67 bits per heavy atom. The van der Waals surface area contributed by atoms with Crippen molar-refractivity contribution in [3.05, 3.63) is 24.4 Å². The van der Waals surface area contributed by atoms with Crippen LogP contribution in [-0.2, 0) is 0 Å². The van der Waals surface area contributed by atoms with Crippen LogP contribution in [0.4, 0.5) is 0 Å². The molecule has 0 aromatic rings. The zero-order valence-corrected chi connectivity index (χ0v) is 8.52. The summed E-state index contributed by atoms with van der Waals surface area (Å²) >= 11 is 0. The second-order valence-corrected chi connectivity index (χ2v) is 2.97. The predicted molar refractivity (Wildman–Crippen MR) is 56.6 cm³/mol. The third-order valence-corrected chi connectivity index (χ3v) is 1.93. The molecule has 1 rings (SSSR count). The van der Waals surface area contributed by atoms with E-state index in [1.54, 1.807) is 0 Å². The summed E-state index contributed by atoms with van der Waals surface area (Å²) in [6.07, 6.45) is 12.6. The monoisotopic (exact) mass is 187 g/mol. The summed E-state index contributed by atoms with van der Waals surface area (Å²) in [4.78, 5) is 2.36. The number of halogens is 1. The smallest absolute Gasteiger partial charge is 0.0357 e. The van der Waals surface area contributed by atoms with E-state index in [9.17, 15) is 0 Å². The molecule has 0 saturated heterocycles. The first-order valence-corrected chi connectivity index (χ1v) is 4.51. The second kappa shape index (κ2) is 7.23. The Kier molecular flexibility index (Phi) is 6.97. The molecule has 0 N–H and O–H groups in total. The number of hydrogen-bond donors (Lipinski definition) is 0. The highest BCUT2D eigenvalue weighted by atomic mass is 35.5. The van der Waals surface area contributed by atoms with Gasteiger partial charge in [-0.05, 0) is 18.7 Å². The molecule has 0 unspecified atom stereocenters. The van der Waals surface area contributed by atoms with Gasteiger partial charge in [0.05, 0.1) is 0 Å². The molecule has 0 spiro atoms. The van der Waals surface area contributed by atoms with Gasteiger partial charge in [0.1, 0.15) is 0 Å². The van der Waals surface area contributed by atoms with Crippen LogP contribution in [0.2, 0.25) is 0 Å². The Morgan fingerprint density at radius 1 is 1.25 bits per heavy atom. The quantitative estimate of drug-likeness (QED) is 0.612. The molecule has 0 amide bonds. The lowest BCUT2D eigenvalue weighted by Crippen LogP contribution is -2.19. The first kappa shape index (κ1) is 11.6. The van der Waals surface area contributed by atoms with E-state index < -0.39 is 0 Å². The molecular weight excluding hydrogens is 170 g/mol. The summed E-state index contributed by atoms with van der Waals surface area (Å²) < 4.78 is 0. The van der Waals surface area contributed by atoms with Crippen LogP contribution in [0.15, 0.2) is 24.4 Å². The van der Waals surface area contributed by atoms with E-state index in [2.05, 4.69) is 36.3 Å². The number of unbranched alkanes of at least 4 members (excludes halogenated alkanes) is 2. The average Bonchev–Trinajstić information content (AvgIpc) is 2.07. The molecule has 1 aliphatic heterocycles. The van der Waals surface area contributed by atoms with Crippen LogP contribution in [0.25, 0.3) is 0 Å². The molecule has 0 bridgehead atoms. The van der Waals surface area contributed by atoms with E-state index in [0.29, 0.717) is 0 Å². The minimum absolute atomic E-state index is 0. The molecule has 0 aliphatic carbocycles. The molecular formula is C10H18ClN. The summed E-state index contributed by atoms with van der Waals surface area (Å²) in [6, 6.07) is 0. The highest BCUT2D eigenvalue weighted by Gasteiger charge is 1.97. The lowest BCUT2D eigenvalue weighted by atomic mass is 10.2. The van der Waals surface area contributed by atoms with E-state index >= 15 is 0 Å². The molecule has 70 valence electrons. The number of rotatable bonds is 4. The van der Waals surface area contributed by atoms with Crippen molar-refractivity contribution in [2.45, 2.75) is 26.2 Å². The fourth-order valence-corrected chi connectivity index (χ4v) is 1.24. The fraction of sp³-hybridized carbons (Fsp3) is 0.600. The molecule has 0 radical (unpaired) electrons. The van der Waals surface area contributed by atoms with E-state index in [0.717, 1.165) is 6.54 Å². The molecule has 0 atom stereocenters. The SMILES string of the molecule is CCCCCN1C=CC=CC1.Cl. The zero-order valence-electron chi connectivity index (χ0n) is 7.70. The van der Waals surface area contributed by atoms with E-state index in [1.807, 2.05) is 0 Å². The summed E-state index contributed by atoms with van der Waals surface area (Å²) in [7, 11) is 0. The van der Waals surface area contributed by atoms with Gasteiger partial charge in [-0.25, -0.2) is 0 Å². The summed E-state index contributed by atoms with van der Waals surface area (Å²) in [6.45, 7) is 4.56. The van der Waals surface area contributed by atoms with Gasteiger partial charge in [0.15, 0.2) is 0 Å². The van der Waals surface area contributed by atoms with Crippen LogP contribution < -0.4 is 0 Å². The normalized spacial score (nSPS) is 14.6. The summed E-state index contributed by atoms with van der Waals surface area (Å²) in [5.74, 6) is 0. The van der Waals surface area contributed by atoms with Gasteiger partial charge in [0.25, 0.3) is 0 Å². The van der Waals surface area contributed by atoms with Gasteiger partial charge < -0.3 is 4.90 Å². The average molecular weight is 188 g/mol. The molecule has 0 aromatic heterocycles. The van der Waals surface area contributed by atoms with Crippen molar-refractivity contribution in [2.24, 2.45) is 0 Å². The number of nitrogens with zero attached hydrogens (tertiary/aromatic N) is 1. The Bertz CT molecular complexity index is 152. The maximum atomic E-state index is 2.36. The van der Waals surface area contributed by atoms with Gasteiger partial charge in [-0.3, -0.25) is 0 Å². The van der Waals surface area contributed by atoms with Crippen LogP contribution in [0, 0.1) is 0 Å². The maximum absolute atomic E-state index is 2.36. The van der Waals surface area contributed by atoms with Crippen molar-refractivity contribution in [3.63, 3.8) is 0 Å². The van der Waals surface area contributed by atoms with Crippen molar-refractivity contribution in [1.29, 1.82) is 0 Å². The molecule has 12 heavy (non-hydrogen) atoms. The predicted octanol–water partition coefficient (Wildman–Crippen LogP) is 2.98. The highest BCUT2D eigenvalue weighted by molar-refractivity contribution is 5.85. The summed E-state index contributed by atoms with van der Waals surface area (Å²) in [5.41, 5.74) is 0. The minimum Gasteiger partial charge on any atom is -0.374 e. The van der Waals surface area contributed by atoms with Crippen molar-refractivity contribution in [3.8, 4) is 0 Å².